The first-order chi connectivity index (χ1) is 16.9. The number of hydrogen-bond donors (Lipinski definition) is 2. The Morgan fingerprint density at radius 2 is 2.14 bits per heavy atom. The van der Waals surface area contributed by atoms with Crippen LogP contribution in [-0.2, 0) is 16.1 Å². The van der Waals surface area contributed by atoms with Crippen LogP contribution in [0.3, 0.4) is 0 Å². The molecule has 186 valence electrons. The second-order valence-corrected chi connectivity index (χ2v) is 10.2. The summed E-state index contributed by atoms with van der Waals surface area (Å²) in [7, 11) is 1.51. The van der Waals surface area contributed by atoms with Gasteiger partial charge in [0.1, 0.15) is 10.9 Å². The third-order valence-electron chi connectivity index (χ3n) is 6.06. The number of carbonyl (C=O) groups is 4. The molecule has 2 aliphatic heterocycles. The van der Waals surface area contributed by atoms with Crippen LogP contribution in [0.15, 0.2) is 18.2 Å². The lowest BCUT2D eigenvalue weighted by Gasteiger charge is -2.28. The van der Waals surface area contributed by atoms with Gasteiger partial charge in [0.2, 0.25) is 5.91 Å². The fourth-order valence-electron chi connectivity index (χ4n) is 4.26. The Morgan fingerprint density at radius 3 is 2.83 bits per heavy atom. The molecule has 4 rings (SSSR count). The van der Waals surface area contributed by atoms with E-state index in [0.717, 1.165) is 17.8 Å². The van der Waals surface area contributed by atoms with E-state index >= 15 is 0 Å². The molecule has 2 atom stereocenters. The summed E-state index contributed by atoms with van der Waals surface area (Å²) in [6.45, 7) is 4.74. The first-order valence-electron chi connectivity index (χ1n) is 11.6. The Labute approximate surface area is 213 Å². The number of hydrogen-bond acceptors (Lipinski definition) is 7. The van der Waals surface area contributed by atoms with Crippen LogP contribution in [0, 0.1) is 12.8 Å². The molecule has 35 heavy (non-hydrogen) atoms. The number of halogens is 1. The van der Waals surface area contributed by atoms with Gasteiger partial charge in [0, 0.05) is 38.2 Å². The zero-order chi connectivity index (χ0) is 26.4. The fraction of sp³-hybridized carbons (Fsp3) is 0.435. The second-order valence-electron chi connectivity index (χ2n) is 8.72. The number of nitrogens with two attached hydrogens (primary N) is 1. The molecule has 1 saturated heterocycles. The van der Waals surface area contributed by atoms with Gasteiger partial charge in [-0.2, -0.15) is 0 Å². The van der Waals surface area contributed by atoms with E-state index in [1.807, 2.05) is 5.01 Å². The lowest BCUT2D eigenvalue weighted by molar-refractivity contribution is -0.148. The average molecular weight is 520 g/mol. The van der Waals surface area contributed by atoms with Crippen LogP contribution in [0.2, 0.25) is 5.02 Å². The Hall–Kier alpha value is -3.02. The van der Waals surface area contributed by atoms with Crippen LogP contribution in [-0.4, -0.2) is 70.2 Å². The summed E-state index contributed by atoms with van der Waals surface area (Å²) in [6.07, 6.45) is 0.767. The Morgan fingerprint density at radius 1 is 1.40 bits per heavy atom. The quantitative estimate of drug-likeness (QED) is 0.598. The Balaban J connectivity index is 1.53. The van der Waals surface area contributed by atoms with E-state index in [4.69, 9.17) is 18.7 Å². The smallest absolute Gasteiger partial charge is 0.282 e. The molecule has 4 amide bonds. The summed E-state index contributed by atoms with van der Waals surface area (Å²) in [5, 5.41) is 6.59. The molecule has 1 aromatic carbocycles. The normalized spacial score (nSPS) is 21.0. The molecule has 0 bridgehead atoms. The molecule has 0 saturated carbocycles. The molecule has 2 aliphatic rings. The van der Waals surface area contributed by atoms with Gasteiger partial charge in [0.05, 0.1) is 13.0 Å². The van der Waals surface area contributed by atoms with Gasteiger partial charge in [-0.3, -0.25) is 24.2 Å². The van der Waals surface area contributed by atoms with Crippen molar-refractivity contribution in [2.75, 3.05) is 26.7 Å². The van der Waals surface area contributed by atoms with Gasteiger partial charge in [-0.15, -0.1) is 11.3 Å². The molecule has 12 heteroatoms. The fourth-order valence-corrected chi connectivity index (χ4v) is 5.37. The molecule has 1 fully saturated rings. The number of carbonyl (C=O) groups excluding carboxylic acids is 4. The van der Waals surface area contributed by atoms with Gasteiger partial charge < -0.3 is 16.0 Å². The standard InChI is InChI=1S/C23H27ClN6O4S/c1-12(10-28(3)23(34)21-26-13(2)18(35-21)19(25)31)20(32)27-17-16-6-5-15(24)9-14(16)11-29-7-4-8-30(29)22(17)33/h5-6,9,12,17H,4,7-8,10-11H2,1-3H3,(H2,25,31)(H,27,32)/t12-,17-/m1/s1/i17D. The summed E-state index contributed by atoms with van der Waals surface area (Å²) in [5.74, 6) is -2.97. The van der Waals surface area contributed by atoms with Crippen molar-refractivity contribution in [3.05, 3.63) is 49.9 Å². The van der Waals surface area contributed by atoms with Gasteiger partial charge in [-0.05, 0) is 36.6 Å². The Kier molecular flexibility index (Phi) is 6.72. The highest BCUT2D eigenvalue weighted by molar-refractivity contribution is 7.15. The third kappa shape index (κ3) is 5.02. The largest absolute Gasteiger partial charge is 0.365 e. The number of rotatable bonds is 6. The summed E-state index contributed by atoms with van der Waals surface area (Å²) in [4.78, 5) is 56.7. The van der Waals surface area contributed by atoms with Crippen LogP contribution in [0.4, 0.5) is 0 Å². The van der Waals surface area contributed by atoms with Crippen molar-refractivity contribution in [1.29, 1.82) is 0 Å². The van der Waals surface area contributed by atoms with E-state index in [-0.39, 0.29) is 16.4 Å². The highest BCUT2D eigenvalue weighted by atomic mass is 35.5. The van der Waals surface area contributed by atoms with Crippen molar-refractivity contribution in [2.45, 2.75) is 32.8 Å². The number of nitrogens with one attached hydrogen (secondary N) is 1. The predicted octanol–water partition coefficient (Wildman–Crippen LogP) is 1.73. The summed E-state index contributed by atoms with van der Waals surface area (Å²) in [6, 6.07) is 2.87. The zero-order valence-electron chi connectivity index (χ0n) is 20.6. The second kappa shape index (κ2) is 9.92. The minimum atomic E-state index is -2.05. The Bertz CT molecular complexity index is 1260. The number of benzene rings is 1. The van der Waals surface area contributed by atoms with Gasteiger partial charge in [0.15, 0.2) is 5.01 Å². The molecule has 0 spiro atoms. The van der Waals surface area contributed by atoms with Crippen molar-refractivity contribution < 1.29 is 20.5 Å². The first kappa shape index (κ1) is 23.7. The average Bonchev–Trinajstić information content (AvgIpc) is 3.42. The third-order valence-corrected chi connectivity index (χ3v) is 7.45. The van der Waals surface area contributed by atoms with E-state index in [1.54, 1.807) is 32.0 Å². The number of aromatic nitrogens is 1. The van der Waals surface area contributed by atoms with Gasteiger partial charge in [-0.1, -0.05) is 24.6 Å². The highest BCUT2D eigenvalue weighted by Gasteiger charge is 2.38. The van der Waals surface area contributed by atoms with Crippen LogP contribution in [0.5, 0.6) is 0 Å². The highest BCUT2D eigenvalue weighted by Crippen LogP contribution is 2.31. The lowest BCUT2D eigenvalue weighted by Crippen LogP contribution is -2.47. The number of aryl methyl sites for hydroxylation is 1. The molecule has 10 nitrogen and oxygen atoms in total. The zero-order valence-corrected chi connectivity index (χ0v) is 21.2. The minimum Gasteiger partial charge on any atom is -0.365 e. The summed E-state index contributed by atoms with van der Waals surface area (Å²) >= 11 is 7.09. The maximum absolute atomic E-state index is 13.5. The monoisotopic (exact) mass is 519 g/mol. The molecular formula is C23H27ClN6O4S. The first-order valence-corrected chi connectivity index (χ1v) is 12.3. The van der Waals surface area contributed by atoms with Gasteiger partial charge in [-0.25, -0.2) is 9.99 Å². The summed E-state index contributed by atoms with van der Waals surface area (Å²) < 4.78 is 9.14. The molecule has 3 heterocycles. The number of nitrogens with zero attached hydrogens (tertiary/aromatic N) is 4. The number of primary amides is 1. The molecule has 0 unspecified atom stereocenters. The van der Waals surface area contributed by atoms with Crippen LogP contribution in [0.25, 0.3) is 0 Å². The number of hydrazine groups is 1. The van der Waals surface area contributed by atoms with Crippen molar-refractivity contribution in [1.82, 2.24) is 25.2 Å². The van der Waals surface area contributed by atoms with Gasteiger partial charge in [0.25, 0.3) is 17.7 Å². The van der Waals surface area contributed by atoms with E-state index in [0.29, 0.717) is 41.5 Å². The van der Waals surface area contributed by atoms with Crippen LogP contribution < -0.4 is 11.1 Å². The molecule has 1 aromatic heterocycles. The SMILES string of the molecule is [2H][C@]1(NC(=O)[C@H](C)CN(C)C(=O)c2nc(C)c(C(N)=O)s2)C(=O)N2CCCN2Cc2cc(Cl)ccc21. The molecule has 3 N–H and O–H groups in total. The predicted molar refractivity (Wildman–Crippen MR) is 131 cm³/mol. The van der Waals surface area contributed by atoms with E-state index in [2.05, 4.69) is 10.3 Å². The topological polar surface area (TPSA) is 129 Å². The molecular weight excluding hydrogens is 492 g/mol. The maximum atomic E-state index is 13.5. The maximum Gasteiger partial charge on any atom is 0.282 e. The van der Waals surface area contributed by atoms with E-state index in [1.165, 1.54) is 17.0 Å². The van der Waals surface area contributed by atoms with Crippen molar-refractivity contribution >= 4 is 46.6 Å². The van der Waals surface area contributed by atoms with E-state index in [9.17, 15) is 19.2 Å². The van der Waals surface area contributed by atoms with Crippen molar-refractivity contribution in [3.63, 3.8) is 0 Å². The van der Waals surface area contributed by atoms with Crippen LogP contribution >= 0.6 is 22.9 Å². The summed E-state index contributed by atoms with van der Waals surface area (Å²) in [5.41, 5.74) is 6.75. The van der Waals surface area contributed by atoms with E-state index < -0.39 is 35.6 Å². The lowest BCUT2D eigenvalue weighted by atomic mass is 9.98. The minimum absolute atomic E-state index is 0.00276. The van der Waals surface area contributed by atoms with Crippen LogP contribution in [0.1, 0.15) is 57.0 Å². The number of amides is 4. The van der Waals surface area contributed by atoms with Crippen molar-refractivity contribution in [3.8, 4) is 0 Å². The molecule has 2 aromatic rings. The van der Waals surface area contributed by atoms with Gasteiger partial charge >= 0.3 is 0 Å². The molecule has 0 aliphatic carbocycles. The molecule has 0 radical (unpaired) electrons. The number of thiazole rings is 1. The van der Waals surface area contributed by atoms with Crippen molar-refractivity contribution in [2.24, 2.45) is 11.7 Å². The number of fused-ring (bicyclic) bond motifs is 2.